The molecule has 44 heavy (non-hydrogen) atoms. The van der Waals surface area contributed by atoms with Gasteiger partial charge in [0, 0.05) is 47.1 Å². The Morgan fingerprint density at radius 1 is 1.05 bits per heavy atom. The van der Waals surface area contributed by atoms with E-state index < -0.39 is 17.6 Å². The fourth-order valence-corrected chi connectivity index (χ4v) is 5.10. The lowest BCUT2D eigenvalue weighted by Gasteiger charge is -2.32. The first kappa shape index (κ1) is 30.4. The predicted molar refractivity (Wildman–Crippen MR) is 164 cm³/mol. The second-order valence-electron chi connectivity index (χ2n) is 10.7. The second-order valence-corrected chi connectivity index (χ2v) is 10.7. The Labute approximate surface area is 254 Å². The van der Waals surface area contributed by atoms with E-state index in [9.17, 15) is 10.3 Å². The van der Waals surface area contributed by atoms with Gasteiger partial charge in [0.05, 0.1) is 13.2 Å². The molecule has 226 valence electrons. The summed E-state index contributed by atoms with van der Waals surface area (Å²) in [6, 6.07) is 21.5. The van der Waals surface area contributed by atoms with E-state index in [2.05, 4.69) is 30.9 Å². The highest BCUT2D eigenvalue weighted by molar-refractivity contribution is 6.01. The van der Waals surface area contributed by atoms with Gasteiger partial charge in [-0.15, -0.1) is 0 Å². The molecule has 1 aliphatic heterocycles. The lowest BCUT2D eigenvalue weighted by atomic mass is 9.80. The normalized spacial score (nSPS) is 18.8. The Hall–Kier alpha value is -5.06. The van der Waals surface area contributed by atoms with Crippen molar-refractivity contribution in [2.45, 2.75) is 43.9 Å². The summed E-state index contributed by atoms with van der Waals surface area (Å²) in [7, 11) is 0. The van der Waals surface area contributed by atoms with Crippen molar-refractivity contribution in [2.75, 3.05) is 19.8 Å². The van der Waals surface area contributed by atoms with Crippen LogP contribution in [-0.2, 0) is 22.5 Å². The van der Waals surface area contributed by atoms with Crippen molar-refractivity contribution in [3.05, 3.63) is 116 Å². The zero-order chi connectivity index (χ0) is 30.8. The smallest absolute Gasteiger partial charge is 0.266 e. The predicted octanol–water partition coefficient (Wildman–Crippen LogP) is 5.73. The quantitative estimate of drug-likeness (QED) is 0.0663. The van der Waals surface area contributed by atoms with E-state index in [1.165, 1.54) is 0 Å². The molecule has 5 rings (SSSR count). The van der Waals surface area contributed by atoms with Gasteiger partial charge in [0.1, 0.15) is 5.75 Å². The molecule has 1 aliphatic carbocycles. The Balaban J connectivity index is 1.61. The van der Waals surface area contributed by atoms with Crippen LogP contribution in [0.2, 0.25) is 0 Å². The number of aliphatic hydroxyl groups excluding tert-OH is 1. The SMILES string of the molecule is [N-]=[N+]=NCc1ccccc1[C@@H]1OC(c2ccc(OCCCO)cc2)=N[C@]1(Cc1ccccc1N=[N+]=[N-])C(=O)NNCC1CC1. The number of benzene rings is 3. The van der Waals surface area contributed by atoms with Gasteiger partial charge in [-0.3, -0.25) is 10.2 Å². The second kappa shape index (κ2) is 14.4. The van der Waals surface area contributed by atoms with E-state index in [0.717, 1.165) is 12.8 Å². The Kier molecular flexibility index (Phi) is 9.96. The molecule has 1 saturated carbocycles. The van der Waals surface area contributed by atoms with Crippen LogP contribution >= 0.6 is 0 Å². The monoisotopic (exact) mass is 595 g/mol. The molecule has 1 heterocycles. The number of ether oxygens (including phenoxy) is 2. The third-order valence-corrected chi connectivity index (χ3v) is 7.57. The molecule has 0 bridgehead atoms. The van der Waals surface area contributed by atoms with Crippen LogP contribution in [0.4, 0.5) is 5.69 Å². The van der Waals surface area contributed by atoms with Crippen molar-refractivity contribution in [3.63, 3.8) is 0 Å². The molecule has 0 radical (unpaired) electrons. The van der Waals surface area contributed by atoms with Crippen LogP contribution in [0, 0.1) is 5.92 Å². The number of aliphatic hydroxyl groups is 1. The summed E-state index contributed by atoms with van der Waals surface area (Å²) < 4.78 is 12.3. The molecule has 13 nitrogen and oxygen atoms in total. The molecule has 0 unspecified atom stereocenters. The number of hydrazine groups is 1. The maximum atomic E-state index is 14.3. The summed E-state index contributed by atoms with van der Waals surface area (Å²) in [5.41, 5.74) is 25.6. The average molecular weight is 596 g/mol. The van der Waals surface area contributed by atoms with Crippen molar-refractivity contribution in [1.82, 2.24) is 10.9 Å². The molecule has 0 saturated heterocycles. The molecule has 1 amide bonds. The fraction of sp³-hybridized carbons (Fsp3) is 0.355. The highest BCUT2D eigenvalue weighted by Crippen LogP contribution is 2.44. The molecule has 2 atom stereocenters. The number of amides is 1. The molecular formula is C31H33N9O4. The van der Waals surface area contributed by atoms with Gasteiger partial charge in [-0.05, 0) is 70.8 Å². The Bertz CT molecular complexity index is 1600. The van der Waals surface area contributed by atoms with Gasteiger partial charge in [-0.2, -0.15) is 0 Å². The summed E-state index contributed by atoms with van der Waals surface area (Å²) >= 11 is 0. The summed E-state index contributed by atoms with van der Waals surface area (Å²) in [6.07, 6.45) is 1.84. The summed E-state index contributed by atoms with van der Waals surface area (Å²) in [6.45, 7) is 1.09. The number of nitrogens with one attached hydrogen (secondary N) is 2. The number of nitrogens with zero attached hydrogens (tertiary/aromatic N) is 7. The minimum atomic E-state index is -1.55. The van der Waals surface area contributed by atoms with E-state index >= 15 is 0 Å². The third-order valence-electron chi connectivity index (χ3n) is 7.57. The van der Waals surface area contributed by atoms with Crippen LogP contribution in [0.15, 0.2) is 88.0 Å². The van der Waals surface area contributed by atoms with Crippen LogP contribution < -0.4 is 15.6 Å². The Morgan fingerprint density at radius 2 is 1.80 bits per heavy atom. The van der Waals surface area contributed by atoms with Crippen LogP contribution in [0.3, 0.4) is 0 Å². The van der Waals surface area contributed by atoms with Crippen molar-refractivity contribution in [1.29, 1.82) is 0 Å². The van der Waals surface area contributed by atoms with Crippen LogP contribution in [0.1, 0.15) is 47.6 Å². The van der Waals surface area contributed by atoms with Gasteiger partial charge in [0.15, 0.2) is 11.6 Å². The van der Waals surface area contributed by atoms with Crippen molar-refractivity contribution in [2.24, 2.45) is 21.1 Å². The van der Waals surface area contributed by atoms with Gasteiger partial charge in [-0.1, -0.05) is 58.8 Å². The zero-order valence-electron chi connectivity index (χ0n) is 24.0. The summed E-state index contributed by atoms with van der Waals surface area (Å²) in [5, 5.41) is 16.7. The third kappa shape index (κ3) is 7.11. The first-order valence-electron chi connectivity index (χ1n) is 14.4. The van der Waals surface area contributed by atoms with Crippen LogP contribution in [-0.4, -0.2) is 42.2 Å². The lowest BCUT2D eigenvalue weighted by Crippen LogP contribution is -2.54. The number of carbonyl (C=O) groups excluding carboxylic acids is 1. The van der Waals surface area contributed by atoms with E-state index in [1.54, 1.807) is 42.5 Å². The molecule has 3 N–H and O–H groups in total. The van der Waals surface area contributed by atoms with Gasteiger partial charge in [-0.25, -0.2) is 10.4 Å². The fourth-order valence-electron chi connectivity index (χ4n) is 5.10. The van der Waals surface area contributed by atoms with E-state index in [4.69, 9.17) is 25.1 Å². The van der Waals surface area contributed by atoms with Crippen LogP contribution in [0.5, 0.6) is 5.75 Å². The topological polar surface area (TPSA) is 190 Å². The van der Waals surface area contributed by atoms with Crippen molar-refractivity contribution in [3.8, 4) is 5.75 Å². The van der Waals surface area contributed by atoms with E-state index in [0.29, 0.717) is 59.2 Å². The minimum Gasteiger partial charge on any atom is -0.494 e. The molecule has 1 fully saturated rings. The minimum absolute atomic E-state index is 0.0355. The molecule has 3 aromatic carbocycles. The number of aliphatic imine (C=N–C) groups is 1. The largest absolute Gasteiger partial charge is 0.494 e. The molecular weight excluding hydrogens is 562 g/mol. The average Bonchev–Trinajstić information content (AvgIpc) is 3.80. The van der Waals surface area contributed by atoms with Gasteiger partial charge >= 0.3 is 0 Å². The molecule has 3 aromatic rings. The van der Waals surface area contributed by atoms with E-state index in [1.807, 2.05) is 30.3 Å². The maximum absolute atomic E-state index is 14.3. The number of hydrogen-bond donors (Lipinski definition) is 3. The zero-order valence-corrected chi connectivity index (χ0v) is 24.0. The summed E-state index contributed by atoms with van der Waals surface area (Å²) in [4.78, 5) is 25.3. The molecule has 0 aromatic heterocycles. The first-order chi connectivity index (χ1) is 21.6. The number of azide groups is 2. The number of carbonyl (C=O) groups is 1. The summed E-state index contributed by atoms with van der Waals surface area (Å²) in [5.74, 6) is 0.952. The van der Waals surface area contributed by atoms with Gasteiger partial charge in [0.2, 0.25) is 5.90 Å². The standard InChI is InChI=1S/C31H33N9O4/c32-39-35-20-24-7-1-3-8-26(24)28-31(30(42)38-34-19-21-10-11-21,18-23-6-2-4-9-27(23)37-40-33)36-29(44-28)22-12-14-25(15-13-22)43-17-5-16-41/h1-4,6-9,12-15,21,28,34,41H,5,10-11,16-20H2,(H,38,42)/t28-,31-/m0/s1. The van der Waals surface area contributed by atoms with Gasteiger partial charge < -0.3 is 14.6 Å². The van der Waals surface area contributed by atoms with Crippen molar-refractivity contribution < 1.29 is 19.4 Å². The maximum Gasteiger partial charge on any atom is 0.266 e. The first-order valence-corrected chi connectivity index (χ1v) is 14.4. The van der Waals surface area contributed by atoms with Crippen LogP contribution in [0.25, 0.3) is 20.9 Å². The Morgan fingerprint density at radius 3 is 2.52 bits per heavy atom. The molecule has 0 spiro atoms. The van der Waals surface area contributed by atoms with Crippen molar-refractivity contribution >= 4 is 17.5 Å². The number of rotatable bonds is 15. The molecule has 2 aliphatic rings. The number of hydrogen-bond acceptors (Lipinski definition) is 8. The highest BCUT2D eigenvalue weighted by Gasteiger charge is 2.54. The molecule has 13 heteroatoms. The van der Waals surface area contributed by atoms with E-state index in [-0.39, 0.29) is 25.5 Å². The van der Waals surface area contributed by atoms with Gasteiger partial charge in [0.25, 0.3) is 5.91 Å². The lowest BCUT2D eigenvalue weighted by molar-refractivity contribution is -0.130. The highest BCUT2D eigenvalue weighted by atomic mass is 16.5.